The molecule has 3 atom stereocenters. The van der Waals surface area contributed by atoms with Gasteiger partial charge in [-0.2, -0.15) is 53.6 Å². The highest BCUT2D eigenvalue weighted by molar-refractivity contribution is 7.90. The van der Waals surface area contributed by atoms with Gasteiger partial charge in [0.15, 0.2) is 6.29 Å². The molecule has 0 radical (unpaired) electrons. The minimum atomic E-state index is -4.84. The first-order valence-electron chi connectivity index (χ1n) is 22.6. The van der Waals surface area contributed by atoms with Crippen molar-refractivity contribution in [1.29, 1.82) is 0 Å². The number of nitrogens with zero attached hydrogens (tertiary/aromatic N) is 7. The Labute approximate surface area is 427 Å². The Kier molecular flexibility index (Phi) is 15.5. The number of aliphatic imine (C=N–C) groups is 2. The molecule has 2 fully saturated rings. The van der Waals surface area contributed by atoms with E-state index in [1.807, 2.05) is 46.3 Å². The maximum Gasteiger partial charge on any atom is 0.295 e. The van der Waals surface area contributed by atoms with Crippen molar-refractivity contribution >= 4 is 86.7 Å². The second-order valence-corrected chi connectivity index (χ2v) is 22.7. The van der Waals surface area contributed by atoms with Gasteiger partial charge in [-0.1, -0.05) is 61.8 Å². The maximum atomic E-state index is 12.6. The van der Waals surface area contributed by atoms with Crippen LogP contribution >= 0.6 is 0 Å². The number of fused-ring (bicyclic) bond motifs is 2. The van der Waals surface area contributed by atoms with E-state index in [-0.39, 0.29) is 51.8 Å². The molecule has 3 aliphatic heterocycles. The fraction of sp³-hybridized carbons (Fsp3) is 0.239. The van der Waals surface area contributed by atoms with E-state index in [4.69, 9.17) is 9.98 Å². The minimum Gasteiger partial charge on any atom is -0.350 e. The van der Waals surface area contributed by atoms with Gasteiger partial charge in [0.25, 0.3) is 40.5 Å². The second kappa shape index (κ2) is 21.6. The van der Waals surface area contributed by atoms with Crippen molar-refractivity contribution in [2.24, 2.45) is 21.8 Å². The number of guanidine groups is 2. The second-order valence-electron chi connectivity index (χ2n) is 17.0. The monoisotopic (exact) mass is 1090 g/mol. The van der Waals surface area contributed by atoms with Crippen LogP contribution in [0.15, 0.2) is 169 Å². The van der Waals surface area contributed by atoms with Gasteiger partial charge in [-0.25, -0.2) is 4.99 Å². The predicted molar refractivity (Wildman–Crippen MR) is 279 cm³/mol. The Balaban J connectivity index is 1.05. The van der Waals surface area contributed by atoms with Crippen LogP contribution in [0.25, 0.3) is 10.8 Å². The molecule has 2 aliphatic carbocycles. The molecule has 1 aromatic heterocycles. The molecule has 5 aliphatic rings. The molecule has 0 spiro atoms. The summed E-state index contributed by atoms with van der Waals surface area (Å²) in [4.78, 5) is 25.3. The molecule has 0 bridgehead atoms. The quantitative estimate of drug-likeness (QED) is 0.0656. The van der Waals surface area contributed by atoms with Crippen molar-refractivity contribution in [3.8, 4) is 0 Å². The number of aromatic nitrogens is 3. The van der Waals surface area contributed by atoms with E-state index >= 15 is 0 Å². The van der Waals surface area contributed by atoms with Gasteiger partial charge in [0.05, 0.1) is 14.7 Å². The lowest BCUT2D eigenvalue weighted by atomic mass is 9.80. The Hall–Kier alpha value is -7.31. The zero-order valence-electron chi connectivity index (χ0n) is 39.0. The third-order valence-electron chi connectivity index (χ3n) is 11.9. The van der Waals surface area contributed by atoms with Crippen LogP contribution in [-0.4, -0.2) is 116 Å². The molecule has 0 amide bonds. The number of nitrogens with one attached hydrogen (secondary N) is 5. The number of benzene rings is 2. The lowest BCUT2D eigenvalue weighted by molar-refractivity contribution is 0.433. The molecule has 24 nitrogen and oxygen atoms in total. The lowest BCUT2D eigenvalue weighted by Gasteiger charge is -2.35. The van der Waals surface area contributed by atoms with E-state index in [9.17, 15) is 51.9 Å². The normalized spacial score (nSPS) is 20.7. The highest BCUT2D eigenvalue weighted by Crippen LogP contribution is 2.36. The molecule has 9 N–H and O–H groups in total. The van der Waals surface area contributed by atoms with Crippen LogP contribution in [0.4, 0.5) is 23.5 Å². The molecule has 28 heteroatoms. The predicted octanol–water partition coefficient (Wildman–Crippen LogP) is 4.64. The Bertz CT molecular complexity index is 3570. The molecule has 4 heterocycles. The number of likely N-dealkylation sites (tertiary alicyclic amines) is 1. The first-order chi connectivity index (χ1) is 35.0. The van der Waals surface area contributed by atoms with Crippen LogP contribution < -0.4 is 31.5 Å². The summed E-state index contributed by atoms with van der Waals surface area (Å²) in [6.45, 7) is 9.53. The van der Waals surface area contributed by atoms with Gasteiger partial charge in [0.1, 0.15) is 4.90 Å². The summed E-state index contributed by atoms with van der Waals surface area (Å²) in [6.07, 6.45) is 22.9. The smallest absolute Gasteiger partial charge is 0.295 e. The van der Waals surface area contributed by atoms with Gasteiger partial charge < -0.3 is 36.4 Å². The van der Waals surface area contributed by atoms with E-state index < -0.39 is 66.4 Å². The standard InChI is InChI=1S/C46H50N12O12S4/c1-3-33(72(62,63)64)14-6-4-5-13-31(25-29(2)71(59,60)61)47-41-51-43(55-45(53-41)57-21-7-8-22-57)49-38-17-11-16-37-36(38)15-12-18-39(37)50-44-52-42(54-46(56-44)58-23-9-10-24-58)48-32-26-30-27-34(73(65,66)67)19-20-35(30)40(28-32)74(68,69)70/h3-6,11-20,25-28,36-37,43,49H,1-2,7-10,21-24H2,(H,59,60,61)(H,62,63,64)(H,65,66,67)(H,68,69,70)(H2,47,51,53,55)(H2,48,50,52,54,56)/b6-4-,13-5-,31-25+,33-14+. The summed E-state index contributed by atoms with van der Waals surface area (Å²) in [5, 5.41) is 16.2. The van der Waals surface area contributed by atoms with Gasteiger partial charge in [0.2, 0.25) is 29.8 Å². The van der Waals surface area contributed by atoms with E-state index in [1.54, 1.807) is 0 Å². The average molecular weight is 1090 g/mol. The number of hydrogen-bond acceptors (Lipinski definition) is 20. The fourth-order valence-electron chi connectivity index (χ4n) is 8.39. The summed E-state index contributed by atoms with van der Waals surface area (Å²) >= 11 is 0. The first-order valence-corrected chi connectivity index (χ1v) is 28.4. The van der Waals surface area contributed by atoms with Crippen molar-refractivity contribution in [3.05, 3.63) is 149 Å². The van der Waals surface area contributed by atoms with Gasteiger partial charge in [-0.3, -0.25) is 18.2 Å². The molecule has 2 aromatic carbocycles. The summed E-state index contributed by atoms with van der Waals surface area (Å²) in [5.74, 6) is 0.358. The van der Waals surface area contributed by atoms with Crippen molar-refractivity contribution in [1.82, 2.24) is 35.8 Å². The lowest BCUT2D eigenvalue weighted by Crippen LogP contribution is -2.54. The summed E-state index contributed by atoms with van der Waals surface area (Å²) in [7, 11) is -18.7. The van der Waals surface area contributed by atoms with Crippen LogP contribution in [0.5, 0.6) is 0 Å². The zero-order valence-corrected chi connectivity index (χ0v) is 42.3. The highest BCUT2D eigenvalue weighted by Gasteiger charge is 2.32. The van der Waals surface area contributed by atoms with Gasteiger partial charge in [-0.05, 0) is 91.8 Å². The molecule has 2 saturated heterocycles. The number of anilines is 4. The summed E-state index contributed by atoms with van der Waals surface area (Å²) < 4.78 is 135. The molecular formula is C46H50N12O12S4. The van der Waals surface area contributed by atoms with E-state index in [0.29, 0.717) is 43.8 Å². The Morgan fingerprint density at radius 3 is 2.03 bits per heavy atom. The van der Waals surface area contributed by atoms with Crippen LogP contribution in [0, 0.1) is 11.8 Å². The Morgan fingerprint density at radius 1 is 0.743 bits per heavy atom. The zero-order chi connectivity index (χ0) is 53.0. The average Bonchev–Trinajstić information content (AvgIpc) is 4.08. The number of hydrogen-bond donors (Lipinski definition) is 9. The molecule has 3 aromatic rings. The third-order valence-corrected chi connectivity index (χ3v) is 15.3. The van der Waals surface area contributed by atoms with Crippen LogP contribution in [0.1, 0.15) is 25.7 Å². The SMILES string of the molecule is C=C\C(=C/C=C\C=C/C(=C\C(=C)S(=O)(=O)O)NC1=NC(NC2=CC=CC3C(Nc4nc(Nc5cc(S(=O)(=O)O)c6ccc(S(=O)(=O)O)cc6c5)nc(N5CCCC5)n4)=CC=CC23)NC(N2CCCC2)=N1)S(=O)(=O)O. The first kappa shape index (κ1) is 53.0. The van der Waals surface area contributed by atoms with Crippen LogP contribution in [-0.2, 0) is 40.5 Å². The third kappa shape index (κ3) is 13.1. The van der Waals surface area contributed by atoms with Gasteiger partial charge in [0, 0.05) is 66.2 Å². The van der Waals surface area contributed by atoms with Crippen molar-refractivity contribution in [3.63, 3.8) is 0 Å². The minimum absolute atomic E-state index is 0.000998. The highest BCUT2D eigenvalue weighted by atomic mass is 32.2. The van der Waals surface area contributed by atoms with Crippen molar-refractivity contribution < 1.29 is 51.9 Å². The van der Waals surface area contributed by atoms with E-state index in [2.05, 4.69) is 54.7 Å². The molecule has 8 rings (SSSR count). The molecular weight excluding hydrogens is 1040 g/mol. The van der Waals surface area contributed by atoms with Crippen molar-refractivity contribution in [2.45, 2.75) is 41.8 Å². The topological polar surface area (TPSA) is 347 Å². The van der Waals surface area contributed by atoms with Crippen LogP contribution in [0.2, 0.25) is 0 Å². The largest absolute Gasteiger partial charge is 0.350 e. The molecule has 390 valence electrons. The van der Waals surface area contributed by atoms with Gasteiger partial charge in [-0.15, -0.1) is 0 Å². The summed E-state index contributed by atoms with van der Waals surface area (Å²) in [5.41, 5.74) is 1.57. The summed E-state index contributed by atoms with van der Waals surface area (Å²) in [6, 6.07) is 5.83. The van der Waals surface area contributed by atoms with E-state index in [1.165, 1.54) is 30.4 Å². The fourth-order valence-corrected chi connectivity index (χ4v) is 10.4. The van der Waals surface area contributed by atoms with Crippen LogP contribution in [0.3, 0.4) is 0 Å². The Morgan fingerprint density at radius 2 is 1.39 bits per heavy atom. The van der Waals surface area contributed by atoms with E-state index in [0.717, 1.165) is 73.9 Å². The molecule has 3 unspecified atom stereocenters. The van der Waals surface area contributed by atoms with Crippen molar-refractivity contribution in [2.75, 3.05) is 41.7 Å². The molecule has 74 heavy (non-hydrogen) atoms. The maximum absolute atomic E-state index is 12.6. The van der Waals surface area contributed by atoms with Gasteiger partial charge >= 0.3 is 0 Å². The number of rotatable bonds is 17. The number of allylic oxidation sites excluding steroid dienone is 13. The molecule has 0 saturated carbocycles.